The third kappa shape index (κ3) is 15.0. The lowest BCUT2D eigenvalue weighted by Gasteiger charge is -2.50. The van der Waals surface area contributed by atoms with Crippen molar-refractivity contribution in [3.63, 3.8) is 0 Å². The molecule has 0 aromatic rings. The molecule has 31 N–H and O–H groups in total. The van der Waals surface area contributed by atoms with Crippen LogP contribution in [0, 0.1) is 0 Å². The second kappa shape index (κ2) is 31.5. The molecule has 520 valence electrons. The van der Waals surface area contributed by atoms with Crippen molar-refractivity contribution in [3.8, 4) is 0 Å². The second-order valence-corrected chi connectivity index (χ2v) is 22.8. The van der Waals surface area contributed by atoms with E-state index in [0.717, 1.165) is 0 Å². The summed E-state index contributed by atoms with van der Waals surface area (Å²) in [5.41, 5.74) is 30.6. The molecule has 41 nitrogen and oxygen atoms in total. The highest BCUT2D eigenvalue weighted by molar-refractivity contribution is 5.03. The predicted octanol–water partition coefficient (Wildman–Crippen LogP) is -18.6. The summed E-state index contributed by atoms with van der Waals surface area (Å²) in [4.78, 5) is 0. The second-order valence-electron chi connectivity index (χ2n) is 22.8. The zero-order valence-electron chi connectivity index (χ0n) is 47.2. The molecule has 8 fully saturated rings. The number of nitrogens with two attached hydrogens (primary N) is 5. The predicted molar refractivity (Wildman–Crippen MR) is 274 cm³/mol. The summed E-state index contributed by atoms with van der Waals surface area (Å²) in [6, 6.07) is -7.66. The normalized spacial score (nSPS) is 53.6. The third-order valence-corrected chi connectivity index (χ3v) is 17.1. The van der Waals surface area contributed by atoms with Gasteiger partial charge in [0.1, 0.15) is 165 Å². The molecule has 0 aliphatic carbocycles. The van der Waals surface area contributed by atoms with Gasteiger partial charge in [0.05, 0.1) is 83.1 Å². The average molecular weight is 1310 g/mol. The first-order valence-corrected chi connectivity index (χ1v) is 28.6. The van der Waals surface area contributed by atoms with Crippen LogP contribution in [0.5, 0.6) is 0 Å². The first-order valence-electron chi connectivity index (χ1n) is 28.6. The van der Waals surface area contributed by atoms with E-state index in [1.807, 2.05) is 0 Å². The van der Waals surface area contributed by atoms with Crippen molar-refractivity contribution >= 4 is 0 Å². The molecule has 40 atom stereocenters. The summed E-state index contributed by atoms with van der Waals surface area (Å²) >= 11 is 0. The third-order valence-electron chi connectivity index (χ3n) is 17.1. The molecule has 8 rings (SSSR count). The van der Waals surface area contributed by atoms with Crippen molar-refractivity contribution in [1.82, 2.24) is 0 Å². The van der Waals surface area contributed by atoms with Gasteiger partial charge in [-0.25, -0.2) is 0 Å². The largest absolute Gasteiger partial charge is 0.394 e. The Balaban J connectivity index is 0.850. The van der Waals surface area contributed by atoms with E-state index in [0.29, 0.717) is 0 Å². The Hall–Kier alpha value is -1.64. The van der Waals surface area contributed by atoms with Crippen molar-refractivity contribution in [1.29, 1.82) is 0 Å². The molecule has 8 aliphatic heterocycles. The average Bonchev–Trinajstić information content (AvgIpc) is 2.32. The maximum Gasteiger partial charge on any atom is 0.187 e. The maximum atomic E-state index is 11.5. The molecule has 0 spiro atoms. The van der Waals surface area contributed by atoms with E-state index in [1.54, 1.807) is 0 Å². The maximum absolute atomic E-state index is 11.5. The van der Waals surface area contributed by atoms with E-state index in [-0.39, 0.29) is 0 Å². The lowest BCUT2D eigenvalue weighted by atomic mass is 9.94. The summed E-state index contributed by atoms with van der Waals surface area (Å²) < 4.78 is 85.6. The Morgan fingerprint density at radius 1 is 0.202 bits per heavy atom. The Morgan fingerprint density at radius 3 is 0.652 bits per heavy atom. The fourth-order valence-corrected chi connectivity index (χ4v) is 11.7. The van der Waals surface area contributed by atoms with E-state index in [2.05, 4.69) is 0 Å². The van der Waals surface area contributed by atoms with Gasteiger partial charge in [-0.3, -0.25) is 0 Å². The molecule has 41 heteroatoms. The van der Waals surface area contributed by atoms with Gasteiger partial charge < -0.3 is 207 Å². The fraction of sp³-hybridized carbons (Fsp3) is 1.00. The fourth-order valence-electron chi connectivity index (χ4n) is 11.7. The minimum atomic E-state index is -2.22. The van der Waals surface area contributed by atoms with E-state index in [9.17, 15) is 107 Å². The van der Waals surface area contributed by atoms with E-state index in [1.165, 1.54) is 0 Å². The summed E-state index contributed by atoms with van der Waals surface area (Å²) in [5, 5.41) is 225. The molecule has 8 heterocycles. The van der Waals surface area contributed by atoms with Crippen molar-refractivity contribution in [2.75, 3.05) is 52.9 Å². The van der Waals surface area contributed by atoms with Crippen molar-refractivity contribution in [3.05, 3.63) is 0 Å². The molecule has 8 saturated heterocycles. The van der Waals surface area contributed by atoms with Crippen LogP contribution in [-0.4, -0.2) is 405 Å². The van der Waals surface area contributed by atoms with E-state index in [4.69, 9.17) is 99.7 Å². The van der Waals surface area contributed by atoms with Gasteiger partial charge in [0, 0.05) is 0 Å². The van der Waals surface area contributed by atoms with Crippen molar-refractivity contribution in [2.45, 2.75) is 245 Å². The van der Waals surface area contributed by atoms with Gasteiger partial charge in [-0.1, -0.05) is 0 Å². The molecule has 0 saturated carbocycles. The van der Waals surface area contributed by atoms with Gasteiger partial charge in [0.25, 0.3) is 0 Å². The number of ether oxygens (including phenoxy) is 15. The van der Waals surface area contributed by atoms with Crippen LogP contribution in [-0.2, 0) is 71.1 Å². The van der Waals surface area contributed by atoms with Crippen LogP contribution in [0.4, 0.5) is 0 Å². The number of hydrogen-bond acceptors (Lipinski definition) is 41. The van der Waals surface area contributed by atoms with Gasteiger partial charge in [0.15, 0.2) is 50.3 Å². The van der Waals surface area contributed by atoms with Crippen LogP contribution < -0.4 is 28.7 Å². The lowest BCUT2D eigenvalue weighted by molar-refractivity contribution is -0.392. The van der Waals surface area contributed by atoms with E-state index < -0.39 is 298 Å². The highest BCUT2D eigenvalue weighted by Gasteiger charge is 2.59. The molecule has 8 aliphatic rings. The number of rotatable bonds is 22. The van der Waals surface area contributed by atoms with Crippen molar-refractivity contribution in [2.24, 2.45) is 28.7 Å². The van der Waals surface area contributed by atoms with Gasteiger partial charge in [-0.2, -0.15) is 0 Å². The zero-order valence-corrected chi connectivity index (χ0v) is 47.2. The topological polar surface area (TPSA) is 693 Å². The van der Waals surface area contributed by atoms with Crippen LogP contribution in [0.3, 0.4) is 0 Å². The highest BCUT2D eigenvalue weighted by atomic mass is 16.8. The Kier molecular flexibility index (Phi) is 25.9. The quantitative estimate of drug-likeness (QED) is 0.0479. The molecule has 0 aromatic carbocycles. The standard InChI is InChI=1S/C48H87N5O36/c49-17-24(64)34(10(2-55)75-41(17)74)83-43-21(53)27(67)37(13(5-58)79-43)87-46-32(72)29(69)39(15(7-60)81-46)89-48-33(73)30(70)40(16(8-61)82-48)88-47-31(71)28(68)38(14(6-59)80-47)86-45-20(52)26(66)36(12(4-57)78-45)85-44-19(51)25(65)35(11(3-56)77-44)84-42-18(50)23(63)22(62)9(1-54)76-42/h9-48,54-74H,1-8,49-53H2/t9-,10-,11-,12-,13-,14-,15-,16-,17-,18-,19-,20-,21-,22-,23-,24-,25-,26-,27-,28-,29-,30-,31+,32+,33+,34-,35-,36-,37-,38-,39-,40-,41?,42+,43+,44+,45+,46+,47+,48+/m1/s1. The molecule has 89 heavy (non-hydrogen) atoms. The summed E-state index contributed by atoms with van der Waals surface area (Å²) in [6.45, 7) is -7.38. The molecule has 0 aromatic heterocycles. The summed E-state index contributed by atoms with van der Waals surface area (Å²) in [7, 11) is 0. The molecule has 0 amide bonds. The van der Waals surface area contributed by atoms with Crippen LogP contribution in [0.15, 0.2) is 0 Å². The zero-order chi connectivity index (χ0) is 65.4. The number of aliphatic hydroxyl groups is 21. The highest BCUT2D eigenvalue weighted by Crippen LogP contribution is 2.38. The lowest BCUT2D eigenvalue weighted by Crippen LogP contribution is -2.70. The van der Waals surface area contributed by atoms with Crippen LogP contribution in [0.2, 0.25) is 0 Å². The van der Waals surface area contributed by atoms with Gasteiger partial charge in [-0.05, 0) is 0 Å². The van der Waals surface area contributed by atoms with Gasteiger partial charge in [-0.15, -0.1) is 0 Å². The molecule has 0 bridgehead atoms. The van der Waals surface area contributed by atoms with Gasteiger partial charge in [0.2, 0.25) is 0 Å². The van der Waals surface area contributed by atoms with Crippen LogP contribution in [0.1, 0.15) is 0 Å². The van der Waals surface area contributed by atoms with E-state index >= 15 is 0 Å². The minimum absolute atomic E-state index is 0.761. The Bertz CT molecular complexity index is 2140. The first kappa shape index (κ1) is 73.2. The summed E-state index contributed by atoms with van der Waals surface area (Å²) in [5.74, 6) is 0. The summed E-state index contributed by atoms with van der Waals surface area (Å²) in [6.07, 6.45) is -62.4. The van der Waals surface area contributed by atoms with Crippen LogP contribution >= 0.6 is 0 Å². The smallest absolute Gasteiger partial charge is 0.187 e. The van der Waals surface area contributed by atoms with Crippen molar-refractivity contribution < 1.29 is 178 Å². The van der Waals surface area contributed by atoms with Gasteiger partial charge >= 0.3 is 0 Å². The number of hydrogen-bond donors (Lipinski definition) is 26. The Morgan fingerprint density at radius 2 is 0.393 bits per heavy atom. The Labute approximate surface area is 504 Å². The molecule has 0 radical (unpaired) electrons. The first-order chi connectivity index (χ1) is 42.2. The number of aliphatic hydroxyl groups excluding tert-OH is 21. The molecular formula is C48H87N5O36. The molecular weight excluding hydrogens is 1220 g/mol. The minimum Gasteiger partial charge on any atom is -0.394 e. The SMILES string of the molecule is N[C@H]1[C@H](O[C@H]2[C@H](O)[C@@H](N)[C@H](O[C@H]3[C@H](O)[C@@H](N)[C@H](O[C@H]4[C@H](O)[C@H](O)[C@H](O[C@H]5[C@H](O)[C@H](O)[C@H](O[C@H]6[C@H](O)[C@H](O)[C@H](O[C@H]7[C@H](O)[C@@H](N)[C@H](O[C@H]8[C@H](O)[C@@H](N)C(O)O[C@@H]8CO)O[C@@H]7CO)O[C@@H]6CO)O[C@@H]5CO)O[C@@H]4CO)O[C@@H]3CO)O[C@@H]2CO)O[C@H](CO)[C@@H](O)[C@@H]1O. The monoisotopic (exact) mass is 1310 g/mol. The molecule has 1 unspecified atom stereocenters. The van der Waals surface area contributed by atoms with Crippen LogP contribution in [0.25, 0.3) is 0 Å².